The highest BCUT2D eigenvalue weighted by Gasteiger charge is 2.25. The molecule has 0 N–H and O–H groups in total. The van der Waals surface area contributed by atoms with Crippen LogP contribution in [0.4, 0.5) is 4.39 Å². The van der Waals surface area contributed by atoms with Gasteiger partial charge in [0, 0.05) is 10.6 Å². The number of nitrogens with zero attached hydrogens (tertiary/aromatic N) is 1. The first-order valence-corrected chi connectivity index (χ1v) is 10.2. The molecular weight excluding hydrogens is 472 g/mol. The molecular formula is C24H14Cl2FNO5. The summed E-state index contributed by atoms with van der Waals surface area (Å²) in [6.07, 6.45) is 1.44. The predicted molar refractivity (Wildman–Crippen MR) is 121 cm³/mol. The largest absolute Gasteiger partial charge is 0.493 e. The maximum Gasteiger partial charge on any atom is 0.363 e. The molecule has 0 unspecified atom stereocenters. The fourth-order valence-electron chi connectivity index (χ4n) is 2.94. The van der Waals surface area contributed by atoms with Crippen LogP contribution in [0.5, 0.6) is 11.5 Å². The first-order chi connectivity index (χ1) is 15.8. The zero-order valence-electron chi connectivity index (χ0n) is 17.0. The molecule has 0 saturated heterocycles. The summed E-state index contributed by atoms with van der Waals surface area (Å²) in [7, 11) is 1.39. The van der Waals surface area contributed by atoms with E-state index in [1.807, 2.05) is 0 Å². The van der Waals surface area contributed by atoms with Gasteiger partial charge in [-0.25, -0.2) is 19.0 Å². The molecule has 0 atom stereocenters. The molecule has 0 amide bonds. The second-order valence-electron chi connectivity index (χ2n) is 6.77. The van der Waals surface area contributed by atoms with Crippen LogP contribution in [0.1, 0.15) is 21.5 Å². The first kappa shape index (κ1) is 22.5. The molecule has 166 valence electrons. The number of halogens is 3. The highest BCUT2D eigenvalue weighted by Crippen LogP contribution is 2.38. The molecule has 4 rings (SSSR count). The van der Waals surface area contributed by atoms with E-state index in [1.165, 1.54) is 61.7 Å². The Morgan fingerprint density at radius 2 is 1.76 bits per heavy atom. The van der Waals surface area contributed by atoms with Crippen molar-refractivity contribution in [2.75, 3.05) is 7.11 Å². The Morgan fingerprint density at radius 1 is 1.06 bits per heavy atom. The van der Waals surface area contributed by atoms with Crippen molar-refractivity contribution in [2.45, 2.75) is 0 Å². The van der Waals surface area contributed by atoms with Gasteiger partial charge in [0.15, 0.2) is 17.2 Å². The normalized spacial score (nSPS) is 14.1. The third-order valence-electron chi connectivity index (χ3n) is 4.54. The number of rotatable bonds is 5. The van der Waals surface area contributed by atoms with Crippen LogP contribution in [0.3, 0.4) is 0 Å². The topological polar surface area (TPSA) is 74.2 Å². The summed E-state index contributed by atoms with van der Waals surface area (Å²) in [5.41, 5.74) is 1.20. The van der Waals surface area contributed by atoms with E-state index in [9.17, 15) is 14.0 Å². The number of cyclic esters (lactones) is 1. The summed E-state index contributed by atoms with van der Waals surface area (Å²) in [5.74, 6) is -1.50. The Hall–Kier alpha value is -3.68. The van der Waals surface area contributed by atoms with E-state index in [4.69, 9.17) is 37.4 Å². The Labute approximate surface area is 197 Å². The van der Waals surface area contributed by atoms with Gasteiger partial charge in [0.05, 0.1) is 17.7 Å². The Morgan fingerprint density at radius 3 is 2.42 bits per heavy atom. The maximum absolute atomic E-state index is 13.1. The van der Waals surface area contributed by atoms with Gasteiger partial charge in [-0.2, -0.15) is 0 Å². The van der Waals surface area contributed by atoms with Gasteiger partial charge < -0.3 is 14.2 Å². The van der Waals surface area contributed by atoms with Gasteiger partial charge in [0.25, 0.3) is 0 Å². The molecule has 6 nitrogen and oxygen atoms in total. The number of aliphatic imine (C=N–C) groups is 1. The molecule has 9 heteroatoms. The van der Waals surface area contributed by atoms with Crippen molar-refractivity contribution in [1.29, 1.82) is 0 Å². The molecule has 3 aromatic carbocycles. The van der Waals surface area contributed by atoms with E-state index in [0.29, 0.717) is 16.1 Å². The molecule has 0 radical (unpaired) electrons. The van der Waals surface area contributed by atoms with E-state index >= 15 is 0 Å². The lowest BCUT2D eigenvalue weighted by atomic mass is 10.1. The van der Waals surface area contributed by atoms with Gasteiger partial charge in [-0.05, 0) is 72.3 Å². The molecule has 3 aromatic rings. The number of ether oxygens (including phenoxy) is 3. The lowest BCUT2D eigenvalue weighted by molar-refractivity contribution is -0.129. The van der Waals surface area contributed by atoms with Crippen LogP contribution in [-0.2, 0) is 9.53 Å². The van der Waals surface area contributed by atoms with Gasteiger partial charge >= 0.3 is 11.9 Å². The Bertz CT molecular complexity index is 1300. The van der Waals surface area contributed by atoms with E-state index in [0.717, 1.165) is 0 Å². The van der Waals surface area contributed by atoms with E-state index in [1.54, 1.807) is 12.1 Å². The molecule has 1 heterocycles. The minimum atomic E-state index is -0.678. The predicted octanol–water partition coefficient (Wildman–Crippen LogP) is 5.70. The van der Waals surface area contributed by atoms with E-state index in [2.05, 4.69) is 4.99 Å². The summed E-state index contributed by atoms with van der Waals surface area (Å²) in [5, 5.41) is 0.563. The van der Waals surface area contributed by atoms with Gasteiger partial charge in [0.2, 0.25) is 5.90 Å². The highest BCUT2D eigenvalue weighted by atomic mass is 35.5. The van der Waals surface area contributed by atoms with Crippen molar-refractivity contribution >= 4 is 47.1 Å². The summed E-state index contributed by atoms with van der Waals surface area (Å²) in [4.78, 5) is 28.9. The molecule has 0 aromatic heterocycles. The van der Waals surface area contributed by atoms with Crippen molar-refractivity contribution in [3.63, 3.8) is 0 Å². The average Bonchev–Trinajstić information content (AvgIpc) is 3.16. The quantitative estimate of drug-likeness (QED) is 0.263. The number of methoxy groups -OCH3 is 1. The number of benzene rings is 3. The minimum Gasteiger partial charge on any atom is -0.493 e. The van der Waals surface area contributed by atoms with E-state index < -0.39 is 17.8 Å². The first-order valence-electron chi connectivity index (χ1n) is 9.48. The summed E-state index contributed by atoms with van der Waals surface area (Å²) >= 11 is 12.2. The van der Waals surface area contributed by atoms with Crippen molar-refractivity contribution in [3.8, 4) is 11.5 Å². The molecule has 0 saturated carbocycles. The standard InChI is InChI=1S/C24H14Cl2FNO5/c1-31-20-12-13(10-18(26)21(20)32-23(29)15-2-6-16(25)7-3-15)11-19-24(30)33-22(28-19)14-4-8-17(27)9-5-14/h2-12H,1H3/b19-11-. The van der Waals surface area contributed by atoms with Crippen molar-refractivity contribution in [1.82, 2.24) is 0 Å². The van der Waals surface area contributed by atoms with Crippen LogP contribution in [0, 0.1) is 5.82 Å². The molecule has 0 aliphatic carbocycles. The van der Waals surface area contributed by atoms with Crippen LogP contribution in [0.15, 0.2) is 71.4 Å². The zero-order valence-corrected chi connectivity index (χ0v) is 18.5. The van der Waals surface area contributed by atoms with Gasteiger partial charge in [0.1, 0.15) is 5.82 Å². The summed E-state index contributed by atoms with van der Waals surface area (Å²) in [6.45, 7) is 0. The maximum atomic E-state index is 13.1. The van der Waals surface area contributed by atoms with Crippen LogP contribution in [0.25, 0.3) is 6.08 Å². The van der Waals surface area contributed by atoms with Crippen LogP contribution in [0.2, 0.25) is 10.0 Å². The molecule has 1 aliphatic rings. The van der Waals surface area contributed by atoms with Gasteiger partial charge in [-0.1, -0.05) is 23.2 Å². The number of esters is 2. The monoisotopic (exact) mass is 485 g/mol. The molecule has 0 bridgehead atoms. The molecule has 1 aliphatic heterocycles. The zero-order chi connectivity index (χ0) is 23.5. The number of hydrogen-bond donors (Lipinski definition) is 0. The Kier molecular flexibility index (Phi) is 6.44. The summed E-state index contributed by atoms with van der Waals surface area (Å²) in [6, 6.07) is 14.6. The van der Waals surface area contributed by atoms with Crippen LogP contribution < -0.4 is 9.47 Å². The number of carbonyl (C=O) groups is 2. The third kappa shape index (κ3) is 5.05. The van der Waals surface area contributed by atoms with Gasteiger partial charge in [-0.3, -0.25) is 0 Å². The van der Waals surface area contributed by atoms with Crippen molar-refractivity contribution in [2.24, 2.45) is 4.99 Å². The molecule has 0 spiro atoms. The number of hydrogen-bond acceptors (Lipinski definition) is 6. The number of carbonyl (C=O) groups excluding carboxylic acids is 2. The van der Waals surface area contributed by atoms with E-state index in [-0.39, 0.29) is 33.7 Å². The average molecular weight is 486 g/mol. The fourth-order valence-corrected chi connectivity index (χ4v) is 3.33. The minimum absolute atomic E-state index is 0.0124. The lowest BCUT2D eigenvalue weighted by Gasteiger charge is -2.12. The smallest absolute Gasteiger partial charge is 0.363 e. The molecule has 33 heavy (non-hydrogen) atoms. The van der Waals surface area contributed by atoms with Crippen molar-refractivity contribution < 1.29 is 28.2 Å². The van der Waals surface area contributed by atoms with Crippen molar-refractivity contribution in [3.05, 3.63) is 98.9 Å². The Balaban J connectivity index is 1.61. The van der Waals surface area contributed by atoms with Gasteiger partial charge in [-0.15, -0.1) is 0 Å². The second-order valence-corrected chi connectivity index (χ2v) is 7.62. The second kappa shape index (κ2) is 9.44. The van der Waals surface area contributed by atoms with Crippen LogP contribution in [-0.4, -0.2) is 24.9 Å². The van der Waals surface area contributed by atoms with Crippen LogP contribution >= 0.6 is 23.2 Å². The SMILES string of the molecule is COc1cc(/C=C2\N=C(c3ccc(F)cc3)OC2=O)cc(Cl)c1OC(=O)c1ccc(Cl)cc1. The lowest BCUT2D eigenvalue weighted by Crippen LogP contribution is -2.09. The third-order valence-corrected chi connectivity index (χ3v) is 5.07. The molecule has 0 fully saturated rings. The highest BCUT2D eigenvalue weighted by molar-refractivity contribution is 6.32. The summed E-state index contributed by atoms with van der Waals surface area (Å²) < 4.78 is 29.0. The fraction of sp³-hybridized carbons (Fsp3) is 0.0417.